The predicted molar refractivity (Wildman–Crippen MR) is 54.0 cm³/mol. The van der Waals surface area contributed by atoms with E-state index in [0.29, 0.717) is 5.56 Å². The molecule has 1 N–H and O–H groups in total. The van der Waals surface area contributed by atoms with Crippen LogP contribution in [0.3, 0.4) is 0 Å². The monoisotopic (exact) mass is 255 g/mol. The molecule has 0 saturated carbocycles. The van der Waals surface area contributed by atoms with Crippen LogP contribution >= 0.6 is 12.4 Å². The summed E-state index contributed by atoms with van der Waals surface area (Å²) in [4.78, 5) is 0. The lowest BCUT2D eigenvalue weighted by molar-refractivity contribution is -0.140. The van der Waals surface area contributed by atoms with Gasteiger partial charge in [0.15, 0.2) is 0 Å². The van der Waals surface area contributed by atoms with Crippen LogP contribution < -0.4 is 5.32 Å². The standard InChI is InChI=1S/C10H9F4N.ClH/c11-8-5-6(9-3-4-15-9)1-2-7(8)10(12,13)14;/h1-2,5,9,15H,3-4H2;1H/t9-;/m0./s1. The zero-order valence-electron chi connectivity index (χ0n) is 8.14. The first-order valence-electron chi connectivity index (χ1n) is 4.58. The van der Waals surface area contributed by atoms with Gasteiger partial charge in [0.05, 0.1) is 5.56 Å². The fourth-order valence-electron chi connectivity index (χ4n) is 1.55. The predicted octanol–water partition coefficient (Wildman–Crippen LogP) is 3.30. The summed E-state index contributed by atoms with van der Waals surface area (Å²) in [6.07, 6.45) is -3.78. The molecule has 1 aliphatic rings. The maximum absolute atomic E-state index is 13.1. The summed E-state index contributed by atoms with van der Waals surface area (Å²) in [6, 6.07) is 3.08. The van der Waals surface area contributed by atoms with E-state index in [2.05, 4.69) is 5.32 Å². The van der Waals surface area contributed by atoms with Gasteiger partial charge in [-0.15, -0.1) is 12.4 Å². The minimum atomic E-state index is -4.62. The van der Waals surface area contributed by atoms with Gasteiger partial charge >= 0.3 is 6.18 Å². The highest BCUT2D eigenvalue weighted by Crippen LogP contribution is 2.33. The molecule has 0 spiro atoms. The molecule has 0 aliphatic carbocycles. The molecule has 1 aliphatic heterocycles. The van der Waals surface area contributed by atoms with Gasteiger partial charge in [-0.1, -0.05) is 6.07 Å². The van der Waals surface area contributed by atoms with Crippen LogP contribution in [0.5, 0.6) is 0 Å². The zero-order valence-corrected chi connectivity index (χ0v) is 8.96. The van der Waals surface area contributed by atoms with Crippen LogP contribution in [0, 0.1) is 5.82 Å². The molecule has 0 amide bonds. The Morgan fingerprint density at radius 1 is 1.25 bits per heavy atom. The number of nitrogens with one attached hydrogen (secondary N) is 1. The van der Waals surface area contributed by atoms with Crippen molar-refractivity contribution in [1.29, 1.82) is 0 Å². The smallest absolute Gasteiger partial charge is 0.310 e. The Hall–Kier alpha value is -0.810. The zero-order chi connectivity index (χ0) is 11.1. The van der Waals surface area contributed by atoms with Gasteiger partial charge in [0, 0.05) is 6.04 Å². The summed E-state index contributed by atoms with van der Waals surface area (Å²) in [6.45, 7) is 0.827. The molecule has 90 valence electrons. The molecule has 16 heavy (non-hydrogen) atoms. The molecule has 1 atom stereocenters. The van der Waals surface area contributed by atoms with Crippen LogP contribution in [0.2, 0.25) is 0 Å². The highest BCUT2D eigenvalue weighted by atomic mass is 35.5. The molecule has 0 bridgehead atoms. The van der Waals surface area contributed by atoms with Crippen molar-refractivity contribution in [2.75, 3.05) is 6.54 Å². The van der Waals surface area contributed by atoms with Gasteiger partial charge in [-0.05, 0) is 30.7 Å². The van der Waals surface area contributed by atoms with Gasteiger partial charge in [-0.25, -0.2) is 4.39 Å². The van der Waals surface area contributed by atoms with Gasteiger partial charge in [-0.3, -0.25) is 0 Å². The van der Waals surface area contributed by atoms with E-state index in [4.69, 9.17) is 0 Å². The Labute approximate surface area is 96.3 Å². The largest absolute Gasteiger partial charge is 0.419 e. The molecule has 1 aromatic rings. The molecule has 1 heterocycles. The molecule has 1 aromatic carbocycles. The third-order valence-electron chi connectivity index (χ3n) is 2.52. The Morgan fingerprint density at radius 3 is 2.25 bits per heavy atom. The normalized spacial score (nSPS) is 19.9. The summed E-state index contributed by atoms with van der Waals surface area (Å²) in [5.74, 6) is -1.20. The second-order valence-electron chi connectivity index (χ2n) is 3.53. The topological polar surface area (TPSA) is 12.0 Å². The average Bonchev–Trinajstić information content (AvgIpc) is 1.97. The van der Waals surface area contributed by atoms with Crippen molar-refractivity contribution >= 4 is 12.4 Å². The maximum Gasteiger partial charge on any atom is 0.419 e. The first kappa shape index (κ1) is 13.3. The van der Waals surface area contributed by atoms with Gasteiger partial charge in [0.2, 0.25) is 0 Å². The van der Waals surface area contributed by atoms with Crippen molar-refractivity contribution in [1.82, 2.24) is 5.32 Å². The molecule has 1 fully saturated rings. The van der Waals surface area contributed by atoms with Crippen LogP contribution in [-0.2, 0) is 6.18 Å². The Balaban J connectivity index is 0.00000128. The number of hydrogen-bond donors (Lipinski definition) is 1. The minimum Gasteiger partial charge on any atom is -0.310 e. The fourth-order valence-corrected chi connectivity index (χ4v) is 1.55. The van der Waals surface area contributed by atoms with E-state index in [-0.39, 0.29) is 18.4 Å². The Bertz CT molecular complexity index is 374. The van der Waals surface area contributed by atoms with Gasteiger partial charge in [0.1, 0.15) is 5.82 Å². The fraction of sp³-hybridized carbons (Fsp3) is 0.400. The Morgan fingerprint density at radius 2 is 1.88 bits per heavy atom. The maximum atomic E-state index is 13.1. The number of benzene rings is 1. The molecule has 1 nitrogen and oxygen atoms in total. The molecule has 6 heteroatoms. The number of halogens is 5. The van der Waals surface area contributed by atoms with E-state index in [1.54, 1.807) is 0 Å². The third kappa shape index (κ3) is 2.47. The lowest BCUT2D eigenvalue weighted by Gasteiger charge is -2.28. The molecular weight excluding hydrogens is 246 g/mol. The van der Waals surface area contributed by atoms with Gasteiger partial charge < -0.3 is 5.32 Å². The Kier molecular flexibility index (Phi) is 3.80. The van der Waals surface area contributed by atoms with Crippen LogP contribution in [0.15, 0.2) is 18.2 Å². The summed E-state index contributed by atoms with van der Waals surface area (Å²) >= 11 is 0. The molecule has 0 radical (unpaired) electrons. The minimum absolute atomic E-state index is 0. The van der Waals surface area contributed by atoms with Crippen molar-refractivity contribution in [3.05, 3.63) is 35.1 Å². The molecule has 0 unspecified atom stereocenters. The van der Waals surface area contributed by atoms with E-state index in [1.165, 1.54) is 6.07 Å². The van der Waals surface area contributed by atoms with Crippen molar-refractivity contribution in [2.24, 2.45) is 0 Å². The average molecular weight is 256 g/mol. The molecule has 0 aromatic heterocycles. The first-order valence-corrected chi connectivity index (χ1v) is 4.58. The molecule has 2 rings (SSSR count). The van der Waals surface area contributed by atoms with Crippen LogP contribution in [0.25, 0.3) is 0 Å². The molecular formula is C10H10ClF4N. The third-order valence-corrected chi connectivity index (χ3v) is 2.52. The van der Waals surface area contributed by atoms with Crippen LogP contribution in [-0.4, -0.2) is 6.54 Å². The van der Waals surface area contributed by atoms with Gasteiger partial charge in [-0.2, -0.15) is 13.2 Å². The highest BCUT2D eigenvalue weighted by molar-refractivity contribution is 5.85. The quantitative estimate of drug-likeness (QED) is 0.760. The first-order chi connectivity index (χ1) is 6.98. The van der Waals surface area contributed by atoms with E-state index in [9.17, 15) is 17.6 Å². The highest BCUT2D eigenvalue weighted by Gasteiger charge is 2.34. The van der Waals surface area contributed by atoms with E-state index < -0.39 is 17.6 Å². The summed E-state index contributed by atoms with van der Waals surface area (Å²) in [5, 5.41) is 3.00. The van der Waals surface area contributed by atoms with Crippen molar-refractivity contribution in [3.8, 4) is 0 Å². The lowest BCUT2D eigenvalue weighted by Crippen LogP contribution is -2.35. The van der Waals surface area contributed by atoms with Gasteiger partial charge in [0.25, 0.3) is 0 Å². The lowest BCUT2D eigenvalue weighted by atomic mass is 9.97. The second kappa shape index (κ2) is 4.59. The molecule has 1 saturated heterocycles. The number of hydrogen-bond acceptors (Lipinski definition) is 1. The van der Waals surface area contributed by atoms with Crippen LogP contribution in [0.1, 0.15) is 23.6 Å². The number of alkyl halides is 3. The summed E-state index contributed by atoms with van der Waals surface area (Å²) < 4.78 is 49.8. The second-order valence-corrected chi connectivity index (χ2v) is 3.53. The van der Waals surface area contributed by atoms with E-state index in [1.807, 2.05) is 0 Å². The number of rotatable bonds is 1. The summed E-state index contributed by atoms with van der Waals surface area (Å²) in [5.41, 5.74) is -0.627. The van der Waals surface area contributed by atoms with E-state index >= 15 is 0 Å². The van der Waals surface area contributed by atoms with Crippen molar-refractivity contribution in [2.45, 2.75) is 18.6 Å². The van der Waals surface area contributed by atoms with Crippen molar-refractivity contribution < 1.29 is 17.6 Å². The SMILES string of the molecule is Cl.Fc1cc([C@@H]2CCN2)ccc1C(F)(F)F. The van der Waals surface area contributed by atoms with E-state index in [0.717, 1.165) is 25.1 Å². The van der Waals surface area contributed by atoms with Crippen LogP contribution in [0.4, 0.5) is 17.6 Å². The summed E-state index contributed by atoms with van der Waals surface area (Å²) in [7, 11) is 0. The van der Waals surface area contributed by atoms with Crippen molar-refractivity contribution in [3.63, 3.8) is 0 Å².